The predicted molar refractivity (Wildman–Crippen MR) is 148 cm³/mol. The summed E-state index contributed by atoms with van der Waals surface area (Å²) in [5.41, 5.74) is 1.54. The van der Waals surface area contributed by atoms with Crippen molar-refractivity contribution in [2.75, 3.05) is 14.2 Å². The Morgan fingerprint density at radius 1 is 0.895 bits per heavy atom. The Morgan fingerprint density at radius 2 is 1.68 bits per heavy atom. The zero-order valence-electron chi connectivity index (χ0n) is 19.9. The molecule has 38 heavy (non-hydrogen) atoms. The Morgan fingerprint density at radius 3 is 2.45 bits per heavy atom. The first-order chi connectivity index (χ1) is 18.4. The number of methoxy groups -OCH3 is 2. The van der Waals surface area contributed by atoms with Crippen LogP contribution in [0.5, 0.6) is 17.2 Å². The van der Waals surface area contributed by atoms with E-state index in [4.69, 9.17) is 54.1 Å². The van der Waals surface area contributed by atoms with Gasteiger partial charge in [0.25, 0.3) is 0 Å². The molecule has 0 fully saturated rings. The maximum Gasteiger partial charge on any atom is 0.217 e. The van der Waals surface area contributed by atoms with Crippen molar-refractivity contribution < 1.29 is 18.6 Å². The van der Waals surface area contributed by atoms with Crippen LogP contribution in [0.25, 0.3) is 6.08 Å². The van der Waals surface area contributed by atoms with E-state index < -0.39 is 5.82 Å². The Kier molecular flexibility index (Phi) is 7.80. The highest BCUT2D eigenvalue weighted by molar-refractivity contribution is 8.04. The molecule has 7 nitrogen and oxygen atoms in total. The fourth-order valence-corrected chi connectivity index (χ4v) is 5.25. The second-order valence-corrected chi connectivity index (χ2v) is 10.1. The fraction of sp³-hybridized carbons (Fsp3) is 0.115. The van der Waals surface area contributed by atoms with Crippen molar-refractivity contribution >= 4 is 58.4 Å². The zero-order chi connectivity index (χ0) is 26.8. The highest BCUT2D eigenvalue weighted by Crippen LogP contribution is 2.38. The Labute approximate surface area is 236 Å². The molecule has 0 amide bonds. The van der Waals surface area contributed by atoms with E-state index >= 15 is 0 Å². The maximum atomic E-state index is 14.5. The average Bonchev–Trinajstić information content (AvgIpc) is 3.31. The molecule has 4 aromatic rings. The van der Waals surface area contributed by atoms with E-state index in [1.807, 2.05) is 30.3 Å². The van der Waals surface area contributed by atoms with Gasteiger partial charge in [0.05, 0.1) is 29.3 Å². The van der Waals surface area contributed by atoms with Crippen LogP contribution in [0.15, 0.2) is 69.8 Å². The van der Waals surface area contributed by atoms with Gasteiger partial charge in [-0.1, -0.05) is 53.0 Å². The van der Waals surface area contributed by atoms with Crippen LogP contribution < -0.4 is 14.2 Å². The number of rotatable bonds is 7. The molecule has 0 aliphatic carbocycles. The number of hydrogen-bond donors (Lipinski definition) is 0. The number of para-hydroxylation sites is 1. The summed E-state index contributed by atoms with van der Waals surface area (Å²) in [5, 5.41) is 14.4. The van der Waals surface area contributed by atoms with Gasteiger partial charge in [0.2, 0.25) is 5.16 Å². The van der Waals surface area contributed by atoms with Crippen LogP contribution in [0.2, 0.25) is 15.1 Å². The third kappa shape index (κ3) is 5.33. The van der Waals surface area contributed by atoms with Crippen LogP contribution in [-0.4, -0.2) is 34.8 Å². The molecule has 1 aliphatic rings. The molecular formula is C26H18Cl3FN4O3S. The van der Waals surface area contributed by atoms with Crippen molar-refractivity contribution in [3.05, 3.63) is 97.3 Å². The molecule has 0 saturated heterocycles. The molecule has 2 heterocycles. The standard InChI is InChI=1S/C26H18Cl3FN4O3S/c1-35-21-8-7-14(9-22(21)36-2)10-23-25(15-11-19(30)18(29)12-17(15)28)33-34-24(31-32-26(34)38-23)13-37-20-6-4-3-5-16(20)27/h3-12H,13H2,1-2H3/b23-10-. The lowest BCUT2D eigenvalue weighted by Gasteiger charge is -2.19. The van der Waals surface area contributed by atoms with Gasteiger partial charge < -0.3 is 14.2 Å². The Bertz CT molecular complexity index is 1590. The highest BCUT2D eigenvalue weighted by Gasteiger charge is 2.27. The summed E-state index contributed by atoms with van der Waals surface area (Å²) in [7, 11) is 3.12. The number of ether oxygens (including phenoxy) is 3. The summed E-state index contributed by atoms with van der Waals surface area (Å²) in [4.78, 5) is 0.652. The van der Waals surface area contributed by atoms with Crippen LogP contribution >= 0.6 is 46.6 Å². The third-order valence-electron chi connectivity index (χ3n) is 5.48. The number of allylic oxidation sites excluding steroid dienone is 1. The van der Waals surface area contributed by atoms with Crippen molar-refractivity contribution in [3.8, 4) is 17.2 Å². The number of fused-ring (bicyclic) bond motifs is 1. The molecule has 1 aliphatic heterocycles. The summed E-state index contributed by atoms with van der Waals surface area (Å²) in [6.45, 7) is 0.0471. The molecule has 1 aromatic heterocycles. The summed E-state index contributed by atoms with van der Waals surface area (Å²) in [6.07, 6.45) is 1.87. The molecule has 0 atom stereocenters. The Balaban J connectivity index is 1.58. The second kappa shape index (κ2) is 11.2. The van der Waals surface area contributed by atoms with Crippen molar-refractivity contribution in [3.63, 3.8) is 0 Å². The summed E-state index contributed by atoms with van der Waals surface area (Å²) >= 11 is 20.0. The van der Waals surface area contributed by atoms with Gasteiger partial charge in [0.1, 0.15) is 23.9 Å². The molecule has 12 heteroatoms. The van der Waals surface area contributed by atoms with E-state index in [2.05, 4.69) is 10.2 Å². The maximum absolute atomic E-state index is 14.5. The van der Waals surface area contributed by atoms with E-state index in [1.54, 1.807) is 32.4 Å². The summed E-state index contributed by atoms with van der Waals surface area (Å²) < 4.78 is 32.7. The first-order valence-electron chi connectivity index (χ1n) is 11.1. The molecule has 0 radical (unpaired) electrons. The topological polar surface area (TPSA) is 70.8 Å². The van der Waals surface area contributed by atoms with Gasteiger partial charge in [0.15, 0.2) is 17.3 Å². The molecule has 0 N–H and O–H groups in total. The molecule has 0 saturated carbocycles. The molecule has 5 rings (SSSR count). The largest absolute Gasteiger partial charge is 0.493 e. The lowest BCUT2D eigenvalue weighted by atomic mass is 10.1. The van der Waals surface area contributed by atoms with Crippen LogP contribution in [0.3, 0.4) is 0 Å². The predicted octanol–water partition coefficient (Wildman–Crippen LogP) is 7.37. The highest BCUT2D eigenvalue weighted by atomic mass is 35.5. The monoisotopic (exact) mass is 590 g/mol. The molecule has 3 aromatic carbocycles. The van der Waals surface area contributed by atoms with E-state index in [0.717, 1.165) is 5.56 Å². The number of hydrogen-bond acceptors (Lipinski definition) is 7. The van der Waals surface area contributed by atoms with Gasteiger partial charge in [-0.2, -0.15) is 9.78 Å². The van der Waals surface area contributed by atoms with Crippen molar-refractivity contribution in [1.29, 1.82) is 0 Å². The molecule has 0 bridgehead atoms. The van der Waals surface area contributed by atoms with E-state index in [9.17, 15) is 4.39 Å². The fourth-order valence-electron chi connectivity index (χ4n) is 3.63. The van der Waals surface area contributed by atoms with E-state index in [-0.39, 0.29) is 16.7 Å². The molecule has 194 valence electrons. The minimum Gasteiger partial charge on any atom is -0.493 e. The minimum atomic E-state index is -0.624. The van der Waals surface area contributed by atoms with Gasteiger partial charge in [-0.05, 0) is 59.8 Å². The van der Waals surface area contributed by atoms with Crippen LogP contribution in [-0.2, 0) is 6.61 Å². The van der Waals surface area contributed by atoms with Gasteiger partial charge in [-0.3, -0.25) is 0 Å². The van der Waals surface area contributed by atoms with E-state index in [0.29, 0.717) is 49.4 Å². The number of aromatic nitrogens is 3. The number of halogens is 4. The van der Waals surface area contributed by atoms with E-state index in [1.165, 1.54) is 28.6 Å². The normalized spacial score (nSPS) is 13.7. The van der Waals surface area contributed by atoms with Crippen molar-refractivity contribution in [1.82, 2.24) is 14.9 Å². The van der Waals surface area contributed by atoms with Gasteiger partial charge in [-0.25, -0.2) is 4.39 Å². The Hall–Kier alpha value is -3.24. The smallest absolute Gasteiger partial charge is 0.217 e. The van der Waals surface area contributed by atoms with Crippen LogP contribution in [0.4, 0.5) is 4.39 Å². The summed E-state index contributed by atoms with van der Waals surface area (Å²) in [5.74, 6) is 1.43. The van der Waals surface area contributed by atoms with Crippen LogP contribution in [0, 0.1) is 5.82 Å². The first-order valence-corrected chi connectivity index (χ1v) is 13.0. The molecule has 0 unspecified atom stereocenters. The average molecular weight is 592 g/mol. The van der Waals surface area contributed by atoms with Gasteiger partial charge in [-0.15, -0.1) is 10.2 Å². The minimum absolute atomic E-state index is 0.0471. The number of benzene rings is 3. The second-order valence-electron chi connectivity index (χ2n) is 7.85. The number of nitrogens with zero attached hydrogens (tertiary/aromatic N) is 4. The van der Waals surface area contributed by atoms with Gasteiger partial charge in [0, 0.05) is 10.5 Å². The molecule has 0 spiro atoms. The van der Waals surface area contributed by atoms with Crippen molar-refractivity contribution in [2.24, 2.45) is 5.10 Å². The lowest BCUT2D eigenvalue weighted by molar-refractivity contribution is 0.290. The SMILES string of the molecule is COc1ccc(/C=C2\Sc3nnc(COc4ccccc4Cl)n3N=C2c2cc(F)c(Cl)cc2Cl)cc1OC. The summed E-state index contributed by atoms with van der Waals surface area (Å²) in [6, 6.07) is 15.2. The lowest BCUT2D eigenvalue weighted by Crippen LogP contribution is -2.15. The first kappa shape index (κ1) is 26.4. The number of thioether (sulfide) groups is 1. The zero-order valence-corrected chi connectivity index (χ0v) is 23.0. The molecular weight excluding hydrogens is 574 g/mol. The van der Waals surface area contributed by atoms with Crippen molar-refractivity contribution in [2.45, 2.75) is 11.8 Å². The van der Waals surface area contributed by atoms with Crippen LogP contribution in [0.1, 0.15) is 17.0 Å². The van der Waals surface area contributed by atoms with Gasteiger partial charge >= 0.3 is 0 Å². The quantitative estimate of drug-likeness (QED) is 0.209. The third-order valence-corrected chi connectivity index (χ3v) is 7.36.